The Bertz CT molecular complexity index is 372. The van der Waals surface area contributed by atoms with E-state index in [0.717, 1.165) is 31.6 Å². The molecule has 0 aromatic heterocycles. The third-order valence-electron chi connectivity index (χ3n) is 2.87. The van der Waals surface area contributed by atoms with E-state index in [9.17, 15) is 4.79 Å². The topological polar surface area (TPSA) is 67.2 Å². The molecular weight excluding hydrogens is 202 g/mol. The molecule has 0 radical (unpaired) electrons. The number of hydrogen-bond donors (Lipinski definition) is 3. The third kappa shape index (κ3) is 2.81. The smallest absolute Gasteiger partial charge is 0.248 e. The maximum atomic E-state index is 11.0. The molecule has 0 aliphatic carbocycles. The molecule has 0 spiro atoms. The van der Waals surface area contributed by atoms with Crippen molar-refractivity contribution in [1.82, 2.24) is 10.6 Å². The average Bonchev–Trinajstić information content (AvgIpc) is 2.79. The summed E-state index contributed by atoms with van der Waals surface area (Å²) in [6.45, 7) is 2.89. The molecule has 1 heterocycles. The number of carbonyl (C=O) groups is 1. The van der Waals surface area contributed by atoms with E-state index >= 15 is 0 Å². The van der Waals surface area contributed by atoms with E-state index in [-0.39, 0.29) is 5.91 Å². The SMILES string of the molecule is NC(=O)c1cccc(CNC2CCNC2)c1. The summed E-state index contributed by atoms with van der Waals surface area (Å²) in [7, 11) is 0. The van der Waals surface area contributed by atoms with Crippen molar-refractivity contribution in [1.29, 1.82) is 0 Å². The Morgan fingerprint density at radius 3 is 3.12 bits per heavy atom. The van der Waals surface area contributed by atoms with Crippen LogP contribution in [0.15, 0.2) is 24.3 Å². The highest BCUT2D eigenvalue weighted by molar-refractivity contribution is 5.92. The van der Waals surface area contributed by atoms with Crippen LogP contribution in [0.2, 0.25) is 0 Å². The molecule has 1 unspecified atom stereocenters. The number of hydrogen-bond acceptors (Lipinski definition) is 3. The zero-order valence-electron chi connectivity index (χ0n) is 9.20. The number of benzene rings is 1. The average molecular weight is 219 g/mol. The summed E-state index contributed by atoms with van der Waals surface area (Å²) in [5.74, 6) is -0.371. The van der Waals surface area contributed by atoms with Gasteiger partial charge >= 0.3 is 0 Å². The van der Waals surface area contributed by atoms with Gasteiger partial charge in [-0.3, -0.25) is 4.79 Å². The second-order valence-electron chi connectivity index (χ2n) is 4.14. The van der Waals surface area contributed by atoms with Gasteiger partial charge in [-0.05, 0) is 30.7 Å². The third-order valence-corrected chi connectivity index (χ3v) is 2.87. The lowest BCUT2D eigenvalue weighted by atomic mass is 10.1. The molecule has 1 saturated heterocycles. The summed E-state index contributed by atoms with van der Waals surface area (Å²) in [4.78, 5) is 11.0. The number of rotatable bonds is 4. The van der Waals surface area contributed by atoms with Gasteiger partial charge in [-0.2, -0.15) is 0 Å². The molecule has 4 heteroatoms. The second kappa shape index (κ2) is 5.09. The molecule has 4 nitrogen and oxygen atoms in total. The molecule has 86 valence electrons. The molecule has 0 bridgehead atoms. The van der Waals surface area contributed by atoms with Crippen molar-refractivity contribution in [2.45, 2.75) is 19.0 Å². The normalized spacial score (nSPS) is 19.9. The van der Waals surface area contributed by atoms with Crippen molar-refractivity contribution < 1.29 is 4.79 Å². The Hall–Kier alpha value is -1.39. The first-order valence-electron chi connectivity index (χ1n) is 5.58. The maximum Gasteiger partial charge on any atom is 0.248 e. The van der Waals surface area contributed by atoms with Gasteiger partial charge in [0.15, 0.2) is 0 Å². The Balaban J connectivity index is 1.93. The lowest BCUT2D eigenvalue weighted by molar-refractivity contribution is 0.1000. The monoisotopic (exact) mass is 219 g/mol. The van der Waals surface area contributed by atoms with Crippen LogP contribution in [0.5, 0.6) is 0 Å². The van der Waals surface area contributed by atoms with Crippen LogP contribution >= 0.6 is 0 Å². The summed E-state index contributed by atoms with van der Waals surface area (Å²) in [5, 5.41) is 6.75. The van der Waals surface area contributed by atoms with Gasteiger partial charge in [-0.25, -0.2) is 0 Å². The molecule has 1 fully saturated rings. The number of primary amides is 1. The Labute approximate surface area is 95.2 Å². The Kier molecular flexibility index (Phi) is 3.54. The van der Waals surface area contributed by atoms with Crippen LogP contribution in [0.1, 0.15) is 22.3 Å². The van der Waals surface area contributed by atoms with Gasteiger partial charge in [0.05, 0.1) is 0 Å². The quantitative estimate of drug-likeness (QED) is 0.679. The van der Waals surface area contributed by atoms with Crippen LogP contribution in [0.3, 0.4) is 0 Å². The fourth-order valence-electron chi connectivity index (χ4n) is 1.93. The molecule has 4 N–H and O–H groups in total. The number of nitrogens with one attached hydrogen (secondary N) is 2. The second-order valence-corrected chi connectivity index (χ2v) is 4.14. The summed E-state index contributed by atoms with van der Waals surface area (Å²) in [6.07, 6.45) is 1.16. The van der Waals surface area contributed by atoms with Crippen LogP contribution in [-0.4, -0.2) is 25.0 Å². The van der Waals surface area contributed by atoms with Crippen molar-refractivity contribution in [3.05, 3.63) is 35.4 Å². The van der Waals surface area contributed by atoms with Crippen LogP contribution in [0.4, 0.5) is 0 Å². The van der Waals surface area contributed by atoms with Crippen molar-refractivity contribution in [2.75, 3.05) is 13.1 Å². The molecule has 1 aromatic carbocycles. The van der Waals surface area contributed by atoms with Gasteiger partial charge < -0.3 is 16.4 Å². The molecule has 1 atom stereocenters. The highest BCUT2D eigenvalue weighted by Gasteiger charge is 2.13. The summed E-state index contributed by atoms with van der Waals surface area (Å²) in [5.41, 5.74) is 6.90. The summed E-state index contributed by atoms with van der Waals surface area (Å²) >= 11 is 0. The first-order valence-corrected chi connectivity index (χ1v) is 5.58. The number of carbonyl (C=O) groups excluding carboxylic acids is 1. The van der Waals surface area contributed by atoms with Crippen LogP contribution in [0.25, 0.3) is 0 Å². The van der Waals surface area contributed by atoms with Crippen LogP contribution < -0.4 is 16.4 Å². The molecular formula is C12H17N3O. The minimum Gasteiger partial charge on any atom is -0.366 e. The lowest BCUT2D eigenvalue weighted by Gasteiger charge is -2.11. The first kappa shape index (κ1) is 11.1. The lowest BCUT2D eigenvalue weighted by Crippen LogP contribution is -2.30. The van der Waals surface area contributed by atoms with Gasteiger partial charge in [0.1, 0.15) is 0 Å². The maximum absolute atomic E-state index is 11.0. The zero-order chi connectivity index (χ0) is 11.4. The molecule has 1 amide bonds. The van der Waals surface area contributed by atoms with E-state index in [1.54, 1.807) is 6.07 Å². The first-order chi connectivity index (χ1) is 7.75. The van der Waals surface area contributed by atoms with Gasteiger partial charge in [-0.15, -0.1) is 0 Å². The van der Waals surface area contributed by atoms with E-state index < -0.39 is 0 Å². The highest BCUT2D eigenvalue weighted by atomic mass is 16.1. The number of nitrogens with two attached hydrogens (primary N) is 1. The predicted octanol–water partition coefficient (Wildman–Crippen LogP) is 0.237. The molecule has 2 rings (SSSR count). The van der Waals surface area contributed by atoms with Crippen LogP contribution in [0, 0.1) is 0 Å². The highest BCUT2D eigenvalue weighted by Crippen LogP contribution is 2.06. The predicted molar refractivity (Wildman–Crippen MR) is 63.1 cm³/mol. The minimum atomic E-state index is -0.371. The fraction of sp³-hybridized carbons (Fsp3) is 0.417. The van der Waals surface area contributed by atoms with Crippen molar-refractivity contribution >= 4 is 5.91 Å². The summed E-state index contributed by atoms with van der Waals surface area (Å²) < 4.78 is 0. The molecule has 1 aromatic rings. The minimum absolute atomic E-state index is 0.371. The number of amides is 1. The molecule has 16 heavy (non-hydrogen) atoms. The standard InChI is InChI=1S/C12H17N3O/c13-12(16)10-3-1-2-9(6-10)7-15-11-4-5-14-8-11/h1-3,6,11,14-15H,4-5,7-8H2,(H2,13,16). The van der Waals surface area contributed by atoms with E-state index in [1.807, 2.05) is 18.2 Å². The molecule has 1 aliphatic heterocycles. The van der Waals surface area contributed by atoms with Gasteiger partial charge in [0.2, 0.25) is 5.91 Å². The largest absolute Gasteiger partial charge is 0.366 e. The Morgan fingerprint density at radius 1 is 1.56 bits per heavy atom. The van der Waals surface area contributed by atoms with E-state index in [0.29, 0.717) is 11.6 Å². The van der Waals surface area contributed by atoms with E-state index in [1.165, 1.54) is 0 Å². The van der Waals surface area contributed by atoms with Gasteiger partial charge in [0.25, 0.3) is 0 Å². The van der Waals surface area contributed by atoms with E-state index in [4.69, 9.17) is 5.73 Å². The van der Waals surface area contributed by atoms with Gasteiger partial charge in [-0.1, -0.05) is 12.1 Å². The summed E-state index contributed by atoms with van der Waals surface area (Å²) in [6, 6.07) is 7.99. The van der Waals surface area contributed by atoms with Crippen LogP contribution in [-0.2, 0) is 6.54 Å². The molecule has 1 aliphatic rings. The fourth-order valence-corrected chi connectivity index (χ4v) is 1.93. The molecule has 0 saturated carbocycles. The zero-order valence-corrected chi connectivity index (χ0v) is 9.20. The van der Waals surface area contributed by atoms with Gasteiger partial charge in [0, 0.05) is 24.7 Å². The Morgan fingerprint density at radius 2 is 2.44 bits per heavy atom. The van der Waals surface area contributed by atoms with Crippen molar-refractivity contribution in [3.63, 3.8) is 0 Å². The van der Waals surface area contributed by atoms with Crippen molar-refractivity contribution in [2.24, 2.45) is 5.73 Å². The van der Waals surface area contributed by atoms with Crippen molar-refractivity contribution in [3.8, 4) is 0 Å². The van der Waals surface area contributed by atoms with E-state index in [2.05, 4.69) is 10.6 Å².